The van der Waals surface area contributed by atoms with Crippen LogP contribution in [0.1, 0.15) is 13.8 Å². The van der Waals surface area contributed by atoms with Crippen LogP contribution in [0.2, 0.25) is 18.1 Å². The van der Waals surface area contributed by atoms with Gasteiger partial charge >= 0.3 is 0 Å². The molecule has 0 aliphatic heterocycles. The maximum absolute atomic E-state index is 5.50. The molecule has 0 spiro atoms. The molecule has 0 aromatic rings. The molecule has 0 aromatic heterocycles. The Hall–Kier alpha value is 0.657. The van der Waals surface area contributed by atoms with E-state index in [9.17, 15) is 0 Å². The van der Waals surface area contributed by atoms with Gasteiger partial charge in [0, 0.05) is 20.7 Å². The summed E-state index contributed by atoms with van der Waals surface area (Å²) in [6.07, 6.45) is 0. The number of rotatable bonds is 5. The second-order valence-corrected chi connectivity index (χ2v) is 8.55. The molecular formula is C8H19BrOSi. The Morgan fingerprint density at radius 2 is 1.91 bits per heavy atom. The lowest BCUT2D eigenvalue weighted by Crippen LogP contribution is -2.26. The van der Waals surface area contributed by atoms with Crippen LogP contribution < -0.4 is 0 Å². The Morgan fingerprint density at radius 3 is 2.27 bits per heavy atom. The number of hydrogen-bond acceptors (Lipinski definition) is 1. The molecule has 0 atom stereocenters. The van der Waals surface area contributed by atoms with Gasteiger partial charge in [0.25, 0.3) is 0 Å². The van der Waals surface area contributed by atoms with Crippen LogP contribution in [0.5, 0.6) is 0 Å². The van der Waals surface area contributed by atoms with Gasteiger partial charge in [0.2, 0.25) is 0 Å². The molecule has 68 valence electrons. The van der Waals surface area contributed by atoms with Crippen LogP contribution >= 0.6 is 15.9 Å². The highest BCUT2D eigenvalue weighted by Crippen LogP contribution is 2.28. The van der Waals surface area contributed by atoms with Crippen molar-refractivity contribution in [3.63, 3.8) is 0 Å². The van der Waals surface area contributed by atoms with Gasteiger partial charge in [-0.25, -0.2) is 0 Å². The minimum absolute atomic E-state index is 0.447. The van der Waals surface area contributed by atoms with Crippen LogP contribution in [0.25, 0.3) is 0 Å². The van der Waals surface area contributed by atoms with Gasteiger partial charge in [-0.2, -0.15) is 0 Å². The molecule has 0 aliphatic rings. The van der Waals surface area contributed by atoms with Crippen molar-refractivity contribution in [3.05, 3.63) is 0 Å². The van der Waals surface area contributed by atoms with Crippen LogP contribution in [0.4, 0.5) is 0 Å². The molecule has 0 N–H and O–H groups in total. The van der Waals surface area contributed by atoms with E-state index >= 15 is 0 Å². The van der Waals surface area contributed by atoms with Crippen molar-refractivity contribution in [2.45, 2.75) is 32.0 Å². The van der Waals surface area contributed by atoms with Crippen LogP contribution in [0.15, 0.2) is 0 Å². The number of ether oxygens (including phenoxy) is 1. The van der Waals surface area contributed by atoms with Gasteiger partial charge < -0.3 is 4.74 Å². The summed E-state index contributed by atoms with van der Waals surface area (Å²) in [5.41, 5.74) is 0. The van der Waals surface area contributed by atoms with Crippen LogP contribution in [-0.4, -0.2) is 27.3 Å². The topological polar surface area (TPSA) is 9.23 Å². The molecule has 0 amide bonds. The van der Waals surface area contributed by atoms with Gasteiger partial charge in [-0.05, 0) is 5.04 Å². The van der Waals surface area contributed by atoms with Crippen molar-refractivity contribution in [1.82, 2.24) is 0 Å². The average Bonchev–Trinajstić information content (AvgIpc) is 1.88. The highest BCUT2D eigenvalue weighted by Gasteiger charge is 2.23. The summed E-state index contributed by atoms with van der Waals surface area (Å²) in [7, 11) is -0.563. The molecule has 0 aromatic carbocycles. The Labute approximate surface area is 80.3 Å². The van der Waals surface area contributed by atoms with Crippen molar-refractivity contribution in [2.75, 3.05) is 18.5 Å². The molecule has 0 saturated carbocycles. The molecule has 11 heavy (non-hydrogen) atoms. The van der Waals surface area contributed by atoms with E-state index in [4.69, 9.17) is 4.74 Å². The minimum atomic E-state index is -0.563. The predicted octanol–water partition coefficient (Wildman–Crippen LogP) is 2.66. The van der Waals surface area contributed by atoms with Crippen molar-refractivity contribution in [1.29, 1.82) is 0 Å². The van der Waals surface area contributed by atoms with Crippen LogP contribution in [0, 0.1) is 0 Å². The standard InChI is InChI=1S/C8H19BrOSi/c1-8(2,11(3)4)7-10-6-5-9/h11H,5-7H2,1-4H3. The third kappa shape index (κ3) is 4.99. The summed E-state index contributed by atoms with van der Waals surface area (Å²) >= 11 is 3.34. The normalized spacial score (nSPS) is 12.5. The molecule has 3 heteroatoms. The van der Waals surface area contributed by atoms with Crippen molar-refractivity contribution < 1.29 is 4.74 Å². The summed E-state index contributed by atoms with van der Waals surface area (Å²) < 4.78 is 5.50. The van der Waals surface area contributed by atoms with E-state index in [1.165, 1.54) is 0 Å². The summed E-state index contributed by atoms with van der Waals surface area (Å²) in [4.78, 5) is 0. The molecule has 0 fully saturated rings. The van der Waals surface area contributed by atoms with Crippen LogP contribution in [-0.2, 0) is 4.74 Å². The smallest absolute Gasteiger partial charge is 0.0563 e. The maximum Gasteiger partial charge on any atom is 0.0563 e. The van der Waals surface area contributed by atoms with Gasteiger partial charge in [-0.15, -0.1) is 0 Å². The molecule has 0 heterocycles. The van der Waals surface area contributed by atoms with Crippen molar-refractivity contribution in [3.8, 4) is 0 Å². The number of halogens is 1. The first kappa shape index (κ1) is 11.7. The Morgan fingerprint density at radius 1 is 1.36 bits per heavy atom. The lowest BCUT2D eigenvalue weighted by atomic mass is 10.2. The van der Waals surface area contributed by atoms with E-state index in [1.54, 1.807) is 0 Å². The quantitative estimate of drug-likeness (QED) is 0.407. The lowest BCUT2D eigenvalue weighted by Gasteiger charge is -2.27. The van der Waals surface area contributed by atoms with Crippen molar-refractivity contribution in [2.24, 2.45) is 0 Å². The fraction of sp³-hybridized carbons (Fsp3) is 1.00. The van der Waals surface area contributed by atoms with Gasteiger partial charge in [0.05, 0.1) is 6.61 Å². The Bertz CT molecular complexity index is 104. The molecule has 0 radical (unpaired) electrons. The molecule has 0 aliphatic carbocycles. The minimum Gasteiger partial charge on any atom is -0.380 e. The fourth-order valence-electron chi connectivity index (χ4n) is 0.556. The van der Waals surface area contributed by atoms with E-state index in [1.807, 2.05) is 0 Å². The molecule has 0 unspecified atom stereocenters. The zero-order valence-corrected chi connectivity index (χ0v) is 10.7. The second-order valence-electron chi connectivity index (χ2n) is 3.88. The van der Waals surface area contributed by atoms with E-state index in [2.05, 4.69) is 42.9 Å². The molecule has 1 nitrogen and oxygen atoms in total. The zero-order chi connectivity index (χ0) is 8.91. The van der Waals surface area contributed by atoms with Gasteiger partial charge in [0.1, 0.15) is 0 Å². The third-order valence-electron chi connectivity index (χ3n) is 2.26. The second kappa shape index (κ2) is 5.33. The summed E-state index contributed by atoms with van der Waals surface area (Å²) in [6, 6.07) is 0. The first-order valence-electron chi connectivity index (χ1n) is 4.14. The Balaban J connectivity index is 3.55. The first-order valence-corrected chi connectivity index (χ1v) is 8.15. The highest BCUT2D eigenvalue weighted by atomic mass is 79.9. The SMILES string of the molecule is C[SiH](C)C(C)(C)COCCBr. The largest absolute Gasteiger partial charge is 0.380 e. The van der Waals surface area contributed by atoms with Gasteiger partial charge in [0.15, 0.2) is 0 Å². The Kier molecular flexibility index (Phi) is 5.65. The zero-order valence-electron chi connectivity index (χ0n) is 7.98. The monoisotopic (exact) mass is 238 g/mol. The van der Waals surface area contributed by atoms with E-state index in [0.717, 1.165) is 18.5 Å². The van der Waals surface area contributed by atoms with Crippen LogP contribution in [0.3, 0.4) is 0 Å². The number of alkyl halides is 1. The lowest BCUT2D eigenvalue weighted by molar-refractivity contribution is 0.128. The van der Waals surface area contributed by atoms with E-state index < -0.39 is 8.80 Å². The highest BCUT2D eigenvalue weighted by molar-refractivity contribution is 9.09. The van der Waals surface area contributed by atoms with Gasteiger partial charge in [-0.1, -0.05) is 42.9 Å². The van der Waals surface area contributed by atoms with E-state index in [-0.39, 0.29) is 0 Å². The van der Waals surface area contributed by atoms with E-state index in [0.29, 0.717) is 5.04 Å². The first-order chi connectivity index (χ1) is 5.00. The average molecular weight is 239 g/mol. The maximum atomic E-state index is 5.50. The molecule has 0 rings (SSSR count). The molecule has 0 saturated heterocycles. The summed E-state index contributed by atoms with van der Waals surface area (Å²) in [5, 5.41) is 1.39. The van der Waals surface area contributed by atoms with Crippen molar-refractivity contribution >= 4 is 24.7 Å². The predicted molar refractivity (Wildman–Crippen MR) is 57.5 cm³/mol. The molecular weight excluding hydrogens is 220 g/mol. The fourth-order valence-corrected chi connectivity index (χ4v) is 1.24. The third-order valence-corrected chi connectivity index (χ3v) is 5.87. The number of hydrogen-bond donors (Lipinski definition) is 0. The summed E-state index contributed by atoms with van der Waals surface area (Å²) in [5.74, 6) is 0. The summed E-state index contributed by atoms with van der Waals surface area (Å²) in [6.45, 7) is 11.1. The van der Waals surface area contributed by atoms with Gasteiger partial charge in [-0.3, -0.25) is 0 Å². The molecule has 0 bridgehead atoms.